The van der Waals surface area contributed by atoms with Crippen molar-refractivity contribution in [2.24, 2.45) is 7.05 Å². The van der Waals surface area contributed by atoms with Crippen LogP contribution in [0, 0.1) is 0 Å². The molecule has 0 aliphatic heterocycles. The van der Waals surface area contributed by atoms with Crippen LogP contribution in [0.3, 0.4) is 0 Å². The summed E-state index contributed by atoms with van der Waals surface area (Å²) >= 11 is 5.66. The summed E-state index contributed by atoms with van der Waals surface area (Å²) in [5, 5.41) is 11.7. The fourth-order valence-electron chi connectivity index (χ4n) is 1.78. The number of ketones is 1. The number of aryl methyl sites for hydroxylation is 1. The maximum Gasteiger partial charge on any atom is 0.434 e. The molecule has 0 saturated heterocycles. The highest BCUT2D eigenvalue weighted by atomic mass is 35.5. The number of carbonyl (C=O) groups excluding carboxylic acids is 1. The molecule has 9 heteroatoms. The van der Waals surface area contributed by atoms with Crippen LogP contribution in [0.25, 0.3) is 0 Å². The Hall–Kier alpha value is -2.06. The van der Waals surface area contributed by atoms with Crippen LogP contribution in [-0.4, -0.2) is 27.3 Å². The van der Waals surface area contributed by atoms with E-state index in [9.17, 15) is 18.0 Å². The van der Waals surface area contributed by atoms with E-state index < -0.39 is 35.2 Å². The van der Waals surface area contributed by atoms with Gasteiger partial charge in [0, 0.05) is 12.6 Å². The topological polar surface area (TPSA) is 64.4 Å². The summed E-state index contributed by atoms with van der Waals surface area (Å²) in [4.78, 5) is 11.4. The third-order valence-electron chi connectivity index (χ3n) is 2.74. The second-order valence-electron chi connectivity index (χ2n) is 4.30. The fourth-order valence-corrected chi connectivity index (χ4v) is 2.09. The first-order valence-corrected chi connectivity index (χ1v) is 6.33. The zero-order chi connectivity index (χ0) is 16.5. The van der Waals surface area contributed by atoms with Gasteiger partial charge in [0.1, 0.15) is 17.4 Å². The highest BCUT2D eigenvalue weighted by Crippen LogP contribution is 2.40. The molecule has 1 N–H and O–H groups in total. The number of carbonyl (C=O) groups is 1. The lowest BCUT2D eigenvalue weighted by molar-refractivity contribution is -0.143. The first-order chi connectivity index (χ1) is 10.2. The van der Waals surface area contributed by atoms with Crippen LogP contribution in [0.2, 0.25) is 5.02 Å². The summed E-state index contributed by atoms with van der Waals surface area (Å²) in [6.45, 7) is -0.688. The molecule has 22 heavy (non-hydrogen) atoms. The van der Waals surface area contributed by atoms with Gasteiger partial charge in [-0.05, 0) is 12.1 Å². The number of Topliss-reactive ketones (excluding diaryl/α,β-unsaturated/α-hetero) is 1. The quantitative estimate of drug-likeness (QED) is 0.873. The highest BCUT2D eigenvalue weighted by molar-refractivity contribution is 6.32. The van der Waals surface area contributed by atoms with Crippen LogP contribution in [0.15, 0.2) is 24.3 Å². The molecule has 0 saturated carbocycles. The fraction of sp³-hybridized carbons (Fsp3) is 0.231. The monoisotopic (exact) mass is 334 g/mol. The highest BCUT2D eigenvalue weighted by Gasteiger charge is 2.39. The lowest BCUT2D eigenvalue weighted by Gasteiger charge is -2.06. The van der Waals surface area contributed by atoms with Gasteiger partial charge >= 0.3 is 6.18 Å². The van der Waals surface area contributed by atoms with Crippen molar-refractivity contribution in [2.45, 2.75) is 6.18 Å². The molecule has 0 amide bonds. The average Bonchev–Trinajstić information content (AvgIpc) is 2.72. The van der Waals surface area contributed by atoms with E-state index in [0.29, 0.717) is 4.68 Å². The molecule has 0 aliphatic carbocycles. The van der Waals surface area contributed by atoms with Crippen molar-refractivity contribution in [1.29, 1.82) is 0 Å². The Morgan fingerprint density at radius 2 is 2.14 bits per heavy atom. The van der Waals surface area contributed by atoms with Gasteiger partial charge in [0.2, 0.25) is 0 Å². The van der Waals surface area contributed by atoms with Crippen molar-refractivity contribution < 1.29 is 27.8 Å². The van der Waals surface area contributed by atoms with Crippen molar-refractivity contribution in [3.63, 3.8) is 0 Å². The number of nitrogens with zero attached hydrogens (tertiary/aromatic N) is 2. The lowest BCUT2D eigenvalue weighted by Crippen LogP contribution is -2.12. The SMILES string of the molecule is Cn1nc(Oc2cccc(C(=O)CO)c2)c(Cl)c1C(F)(F)F. The molecule has 0 bridgehead atoms. The summed E-state index contributed by atoms with van der Waals surface area (Å²) in [6.07, 6.45) is -4.67. The normalized spacial score (nSPS) is 11.5. The minimum atomic E-state index is -4.67. The van der Waals surface area contributed by atoms with E-state index in [2.05, 4.69) is 5.10 Å². The molecular weight excluding hydrogens is 325 g/mol. The van der Waals surface area contributed by atoms with Crippen LogP contribution >= 0.6 is 11.6 Å². The van der Waals surface area contributed by atoms with Crippen LogP contribution in [0.1, 0.15) is 16.1 Å². The maximum atomic E-state index is 12.8. The van der Waals surface area contributed by atoms with E-state index in [0.717, 1.165) is 7.05 Å². The Morgan fingerprint density at radius 3 is 2.68 bits per heavy atom. The van der Waals surface area contributed by atoms with Gasteiger partial charge in [-0.2, -0.15) is 13.2 Å². The largest absolute Gasteiger partial charge is 0.436 e. The Bertz CT molecular complexity index is 713. The number of benzene rings is 1. The van der Waals surface area contributed by atoms with Gasteiger partial charge in [-0.25, -0.2) is 0 Å². The molecule has 0 spiro atoms. The summed E-state index contributed by atoms with van der Waals surface area (Å²) in [5.74, 6) is -0.897. The standard InChI is InChI=1S/C13H10ClF3N2O3/c1-19-11(13(15,16)17)10(14)12(18-19)22-8-4-2-3-7(5-8)9(21)6-20/h2-5,20H,6H2,1H3. The molecule has 0 aliphatic rings. The van der Waals surface area contributed by atoms with Crippen LogP contribution in [0.4, 0.5) is 13.2 Å². The third-order valence-corrected chi connectivity index (χ3v) is 3.08. The number of hydrogen-bond acceptors (Lipinski definition) is 4. The number of rotatable bonds is 4. The van der Waals surface area contributed by atoms with Crippen LogP contribution in [-0.2, 0) is 13.2 Å². The number of ether oxygens (including phenoxy) is 1. The molecule has 1 aromatic carbocycles. The first kappa shape index (κ1) is 16.3. The summed E-state index contributed by atoms with van der Waals surface area (Å²) in [7, 11) is 1.09. The van der Waals surface area contributed by atoms with Gasteiger partial charge in [-0.15, -0.1) is 5.10 Å². The number of aliphatic hydroxyl groups is 1. The Labute approximate surface area is 127 Å². The maximum absolute atomic E-state index is 12.8. The molecule has 118 valence electrons. The molecule has 2 aromatic rings. The van der Waals surface area contributed by atoms with Gasteiger partial charge < -0.3 is 9.84 Å². The van der Waals surface area contributed by atoms with Crippen molar-refractivity contribution in [3.05, 3.63) is 40.5 Å². The van der Waals surface area contributed by atoms with Crippen molar-refractivity contribution in [1.82, 2.24) is 9.78 Å². The average molecular weight is 335 g/mol. The van der Waals surface area contributed by atoms with E-state index in [1.807, 2.05) is 0 Å². The molecule has 2 rings (SSSR count). The van der Waals surface area contributed by atoms with Gasteiger partial charge in [-0.1, -0.05) is 23.7 Å². The smallest absolute Gasteiger partial charge is 0.434 e. The Morgan fingerprint density at radius 1 is 1.45 bits per heavy atom. The molecular formula is C13H10ClF3N2O3. The number of halogens is 4. The predicted molar refractivity (Wildman–Crippen MR) is 71.2 cm³/mol. The molecule has 1 aromatic heterocycles. The number of alkyl halides is 3. The van der Waals surface area contributed by atoms with E-state index >= 15 is 0 Å². The van der Waals surface area contributed by atoms with Crippen LogP contribution < -0.4 is 4.74 Å². The molecule has 0 atom stereocenters. The van der Waals surface area contributed by atoms with E-state index in [1.54, 1.807) is 0 Å². The molecule has 0 radical (unpaired) electrons. The second-order valence-corrected chi connectivity index (χ2v) is 4.68. The molecule has 5 nitrogen and oxygen atoms in total. The van der Waals surface area contributed by atoms with Crippen LogP contribution in [0.5, 0.6) is 11.6 Å². The number of aliphatic hydroxyl groups excluding tert-OH is 1. The Kier molecular flexibility index (Phi) is 4.43. The van der Waals surface area contributed by atoms with E-state index in [1.165, 1.54) is 24.3 Å². The summed E-state index contributed by atoms with van der Waals surface area (Å²) in [6, 6.07) is 5.59. The number of aromatic nitrogens is 2. The van der Waals surface area contributed by atoms with E-state index in [-0.39, 0.29) is 11.3 Å². The second kappa shape index (κ2) is 5.98. The predicted octanol–water partition coefficient (Wildman–Crippen LogP) is 3.06. The molecule has 0 unspecified atom stereocenters. The van der Waals surface area contributed by atoms with Crippen molar-refractivity contribution in [2.75, 3.05) is 6.61 Å². The summed E-state index contributed by atoms with van der Waals surface area (Å²) < 4.78 is 44.2. The first-order valence-electron chi connectivity index (χ1n) is 5.95. The van der Waals surface area contributed by atoms with Crippen molar-refractivity contribution >= 4 is 17.4 Å². The molecule has 0 fully saturated rings. The Balaban J connectivity index is 2.35. The zero-order valence-electron chi connectivity index (χ0n) is 11.2. The third kappa shape index (κ3) is 3.23. The zero-order valence-corrected chi connectivity index (χ0v) is 11.9. The lowest BCUT2D eigenvalue weighted by atomic mass is 10.1. The van der Waals surface area contributed by atoms with Gasteiger partial charge in [0.25, 0.3) is 5.88 Å². The number of hydrogen-bond donors (Lipinski definition) is 1. The summed E-state index contributed by atoms with van der Waals surface area (Å²) in [5.41, 5.74) is -0.977. The minimum absolute atomic E-state index is 0.0769. The minimum Gasteiger partial charge on any atom is -0.436 e. The van der Waals surface area contributed by atoms with Gasteiger partial charge in [0.15, 0.2) is 11.5 Å². The van der Waals surface area contributed by atoms with Gasteiger partial charge in [-0.3, -0.25) is 9.48 Å². The van der Waals surface area contributed by atoms with Gasteiger partial charge in [0.05, 0.1) is 0 Å². The van der Waals surface area contributed by atoms with E-state index in [4.69, 9.17) is 21.4 Å². The van der Waals surface area contributed by atoms with Crippen molar-refractivity contribution in [3.8, 4) is 11.6 Å². The molecule has 1 heterocycles.